The van der Waals surface area contributed by atoms with Gasteiger partial charge < -0.3 is 15.3 Å². The number of carbonyl (C=O) groups is 1. The van der Waals surface area contributed by atoms with Crippen molar-refractivity contribution in [3.05, 3.63) is 23.2 Å². The minimum atomic E-state index is -1.01. The molecule has 1 aromatic rings. The first-order chi connectivity index (χ1) is 6.00. The molecule has 0 spiro atoms. The molecule has 1 atom stereocenters. The minimum absolute atomic E-state index is 0.240. The van der Waals surface area contributed by atoms with Crippen LogP contribution in [0.1, 0.15) is 17.1 Å². The summed E-state index contributed by atoms with van der Waals surface area (Å²) in [5.41, 5.74) is 6.37. The second-order valence-electron chi connectivity index (χ2n) is 3.10. The highest BCUT2D eigenvalue weighted by atomic mass is 16.4. The summed E-state index contributed by atoms with van der Waals surface area (Å²) in [6.07, 6.45) is 0.240. The van der Waals surface area contributed by atoms with Crippen LogP contribution in [0.5, 0.6) is 0 Å². The van der Waals surface area contributed by atoms with E-state index in [2.05, 4.69) is 0 Å². The van der Waals surface area contributed by atoms with Crippen molar-refractivity contribution in [1.29, 1.82) is 0 Å². The van der Waals surface area contributed by atoms with Gasteiger partial charge in [-0.25, -0.2) is 0 Å². The zero-order valence-corrected chi connectivity index (χ0v) is 7.70. The molecule has 0 fully saturated rings. The molecule has 0 aromatic carbocycles. The Morgan fingerprint density at radius 1 is 1.69 bits per heavy atom. The Kier molecular flexibility index (Phi) is 2.72. The molecule has 72 valence electrons. The topological polar surface area (TPSA) is 76.5 Å². The van der Waals surface area contributed by atoms with Crippen LogP contribution in [-0.4, -0.2) is 17.1 Å². The maximum atomic E-state index is 10.4. The number of carboxylic acid groups (broad SMARTS) is 1. The third-order valence-corrected chi connectivity index (χ3v) is 1.96. The number of hydrogen-bond donors (Lipinski definition) is 2. The lowest BCUT2D eigenvalue weighted by Crippen LogP contribution is -2.32. The third-order valence-electron chi connectivity index (χ3n) is 1.96. The second-order valence-corrected chi connectivity index (χ2v) is 3.10. The molecule has 0 saturated carbocycles. The number of aryl methyl sites for hydroxylation is 2. The maximum Gasteiger partial charge on any atom is 0.320 e. The first-order valence-electron chi connectivity index (χ1n) is 4.05. The highest BCUT2D eigenvalue weighted by molar-refractivity contribution is 5.73. The van der Waals surface area contributed by atoms with Crippen LogP contribution in [0, 0.1) is 13.8 Å². The van der Waals surface area contributed by atoms with E-state index in [1.807, 2.05) is 19.9 Å². The van der Waals surface area contributed by atoms with Crippen molar-refractivity contribution in [2.24, 2.45) is 5.73 Å². The number of furan rings is 1. The molecule has 1 unspecified atom stereocenters. The molecule has 0 aliphatic rings. The standard InChI is InChI=1S/C9H13NO3/c1-5-3-7(13-6(5)2)4-8(10)9(11)12/h3,8H,4,10H2,1-2H3,(H,11,12). The molecule has 13 heavy (non-hydrogen) atoms. The molecular formula is C9H13NO3. The Labute approximate surface area is 76.3 Å². The van der Waals surface area contributed by atoms with E-state index in [0.29, 0.717) is 5.76 Å². The van der Waals surface area contributed by atoms with Gasteiger partial charge in [0.15, 0.2) is 0 Å². The molecule has 4 nitrogen and oxygen atoms in total. The van der Waals surface area contributed by atoms with E-state index < -0.39 is 12.0 Å². The van der Waals surface area contributed by atoms with E-state index in [-0.39, 0.29) is 6.42 Å². The third kappa shape index (κ3) is 2.32. The maximum absolute atomic E-state index is 10.4. The van der Waals surface area contributed by atoms with Crippen LogP contribution < -0.4 is 5.73 Å². The molecule has 3 N–H and O–H groups in total. The van der Waals surface area contributed by atoms with Crippen molar-refractivity contribution in [2.75, 3.05) is 0 Å². The fourth-order valence-corrected chi connectivity index (χ4v) is 1.05. The molecule has 0 amide bonds. The predicted octanol–water partition coefficient (Wildman–Crippen LogP) is 0.851. The van der Waals surface area contributed by atoms with E-state index in [9.17, 15) is 4.79 Å². The van der Waals surface area contributed by atoms with Crippen molar-refractivity contribution >= 4 is 5.97 Å². The van der Waals surface area contributed by atoms with E-state index in [1.165, 1.54) is 0 Å². The molecule has 4 heteroatoms. The van der Waals surface area contributed by atoms with Crippen LogP contribution in [0.2, 0.25) is 0 Å². The SMILES string of the molecule is Cc1cc(CC(N)C(=O)O)oc1C. The Bertz CT molecular complexity index is 297. The first kappa shape index (κ1) is 9.80. The molecule has 1 aromatic heterocycles. The van der Waals surface area contributed by atoms with E-state index >= 15 is 0 Å². The summed E-state index contributed by atoms with van der Waals surface area (Å²) < 4.78 is 5.29. The van der Waals surface area contributed by atoms with Gasteiger partial charge in [0.2, 0.25) is 0 Å². The molecule has 0 saturated heterocycles. The van der Waals surface area contributed by atoms with Crippen LogP contribution >= 0.6 is 0 Å². The van der Waals surface area contributed by atoms with Crippen molar-refractivity contribution in [2.45, 2.75) is 26.3 Å². The zero-order chi connectivity index (χ0) is 10.0. The lowest BCUT2D eigenvalue weighted by Gasteiger charge is -2.01. The molecule has 0 bridgehead atoms. The van der Waals surface area contributed by atoms with Gasteiger partial charge in [0.1, 0.15) is 17.6 Å². The van der Waals surface area contributed by atoms with E-state index in [0.717, 1.165) is 11.3 Å². The Hall–Kier alpha value is -1.29. The first-order valence-corrected chi connectivity index (χ1v) is 4.05. The average Bonchev–Trinajstić information content (AvgIpc) is 2.31. The summed E-state index contributed by atoms with van der Waals surface area (Å²) >= 11 is 0. The highest BCUT2D eigenvalue weighted by Gasteiger charge is 2.14. The van der Waals surface area contributed by atoms with E-state index in [1.54, 1.807) is 0 Å². The van der Waals surface area contributed by atoms with Crippen molar-refractivity contribution in [1.82, 2.24) is 0 Å². The Morgan fingerprint density at radius 3 is 2.69 bits per heavy atom. The van der Waals surface area contributed by atoms with E-state index in [4.69, 9.17) is 15.3 Å². The lowest BCUT2D eigenvalue weighted by atomic mass is 10.2. The van der Waals surface area contributed by atoms with Crippen molar-refractivity contribution in [3.8, 4) is 0 Å². The second kappa shape index (κ2) is 3.62. The van der Waals surface area contributed by atoms with Gasteiger partial charge in [-0.3, -0.25) is 4.79 Å². The molecule has 0 aliphatic heterocycles. The normalized spacial score (nSPS) is 12.8. The van der Waals surface area contributed by atoms with Crippen LogP contribution in [0.25, 0.3) is 0 Å². The average molecular weight is 183 g/mol. The summed E-state index contributed by atoms with van der Waals surface area (Å²) in [5.74, 6) is 0.434. The summed E-state index contributed by atoms with van der Waals surface area (Å²) in [7, 11) is 0. The number of carboxylic acids is 1. The Morgan fingerprint density at radius 2 is 2.31 bits per heavy atom. The van der Waals surface area contributed by atoms with Crippen LogP contribution in [0.15, 0.2) is 10.5 Å². The fourth-order valence-electron chi connectivity index (χ4n) is 1.05. The largest absolute Gasteiger partial charge is 0.480 e. The smallest absolute Gasteiger partial charge is 0.320 e. The Balaban J connectivity index is 2.69. The van der Waals surface area contributed by atoms with Gasteiger partial charge >= 0.3 is 5.97 Å². The monoisotopic (exact) mass is 183 g/mol. The molecular weight excluding hydrogens is 170 g/mol. The summed E-state index contributed by atoms with van der Waals surface area (Å²) in [6, 6.07) is 0.933. The summed E-state index contributed by atoms with van der Waals surface area (Å²) in [4.78, 5) is 10.4. The van der Waals surface area contributed by atoms with Gasteiger partial charge in [0, 0.05) is 6.42 Å². The van der Waals surface area contributed by atoms with Gasteiger partial charge in [0.25, 0.3) is 0 Å². The highest BCUT2D eigenvalue weighted by Crippen LogP contribution is 2.14. The lowest BCUT2D eigenvalue weighted by molar-refractivity contribution is -0.138. The minimum Gasteiger partial charge on any atom is -0.480 e. The molecule has 0 radical (unpaired) electrons. The van der Waals surface area contributed by atoms with Crippen molar-refractivity contribution in [3.63, 3.8) is 0 Å². The van der Waals surface area contributed by atoms with Crippen LogP contribution in [-0.2, 0) is 11.2 Å². The van der Waals surface area contributed by atoms with Crippen LogP contribution in [0.4, 0.5) is 0 Å². The molecule has 0 aliphatic carbocycles. The fraction of sp³-hybridized carbons (Fsp3) is 0.444. The van der Waals surface area contributed by atoms with Crippen LogP contribution in [0.3, 0.4) is 0 Å². The number of nitrogens with two attached hydrogens (primary N) is 1. The number of hydrogen-bond acceptors (Lipinski definition) is 3. The molecule has 1 heterocycles. The van der Waals surface area contributed by atoms with Gasteiger partial charge in [0.05, 0.1) is 0 Å². The van der Waals surface area contributed by atoms with Gasteiger partial charge in [-0.05, 0) is 25.5 Å². The van der Waals surface area contributed by atoms with Gasteiger partial charge in [-0.1, -0.05) is 0 Å². The molecule has 1 rings (SSSR count). The number of rotatable bonds is 3. The van der Waals surface area contributed by atoms with Crippen molar-refractivity contribution < 1.29 is 14.3 Å². The quantitative estimate of drug-likeness (QED) is 0.728. The van der Waals surface area contributed by atoms with Gasteiger partial charge in [-0.2, -0.15) is 0 Å². The predicted molar refractivity (Wildman–Crippen MR) is 47.5 cm³/mol. The zero-order valence-electron chi connectivity index (χ0n) is 7.70. The summed E-state index contributed by atoms with van der Waals surface area (Å²) in [5, 5.41) is 8.55. The van der Waals surface area contributed by atoms with Gasteiger partial charge in [-0.15, -0.1) is 0 Å². The number of aliphatic carboxylic acids is 1. The summed E-state index contributed by atoms with van der Waals surface area (Å²) in [6.45, 7) is 3.75.